The van der Waals surface area contributed by atoms with Gasteiger partial charge in [-0.1, -0.05) is 25.7 Å². The number of nitrogens with zero attached hydrogens (tertiary/aromatic N) is 1. The summed E-state index contributed by atoms with van der Waals surface area (Å²) in [6.45, 7) is 1.97. The number of carboxylic acid groups (broad SMARTS) is 1. The first-order valence-corrected chi connectivity index (χ1v) is 8.37. The second-order valence-electron chi connectivity index (χ2n) is 7.14. The van der Waals surface area contributed by atoms with Crippen LogP contribution in [-0.2, 0) is 4.79 Å². The van der Waals surface area contributed by atoms with Crippen LogP contribution in [0, 0.1) is 17.3 Å². The van der Waals surface area contributed by atoms with Gasteiger partial charge in [0.1, 0.15) is 0 Å². The molecule has 2 atom stereocenters. The zero-order valence-electron chi connectivity index (χ0n) is 12.6. The fourth-order valence-electron chi connectivity index (χ4n) is 4.21. The van der Waals surface area contributed by atoms with Crippen molar-refractivity contribution in [3.05, 3.63) is 0 Å². The SMILES string of the molecule is O=C(NCC1(C(=O)O)CCC1)N1CCC2CCCCC2C1. The number of likely N-dealkylation sites (tertiary alicyclic amines) is 1. The lowest BCUT2D eigenvalue weighted by molar-refractivity contribution is -0.153. The van der Waals surface area contributed by atoms with Crippen molar-refractivity contribution in [1.82, 2.24) is 10.2 Å². The summed E-state index contributed by atoms with van der Waals surface area (Å²) in [5, 5.41) is 12.2. The third-order valence-corrected chi connectivity index (χ3v) is 5.92. The number of hydrogen-bond acceptors (Lipinski definition) is 2. The molecule has 118 valence electrons. The predicted molar refractivity (Wildman–Crippen MR) is 79.0 cm³/mol. The predicted octanol–water partition coefficient (Wildman–Crippen LogP) is 2.46. The molecule has 5 nitrogen and oxygen atoms in total. The maximum Gasteiger partial charge on any atom is 0.317 e. The third kappa shape index (κ3) is 2.87. The third-order valence-electron chi connectivity index (χ3n) is 5.92. The minimum Gasteiger partial charge on any atom is -0.481 e. The molecule has 2 unspecified atom stereocenters. The Kier molecular flexibility index (Phi) is 4.09. The van der Waals surface area contributed by atoms with Gasteiger partial charge >= 0.3 is 12.0 Å². The van der Waals surface area contributed by atoms with Crippen LogP contribution in [-0.4, -0.2) is 41.6 Å². The zero-order valence-corrected chi connectivity index (χ0v) is 12.6. The Morgan fingerprint density at radius 2 is 1.81 bits per heavy atom. The molecular formula is C16H26N2O3. The van der Waals surface area contributed by atoms with Crippen LogP contribution in [0.5, 0.6) is 0 Å². The number of nitrogens with one attached hydrogen (secondary N) is 1. The summed E-state index contributed by atoms with van der Waals surface area (Å²) in [6, 6.07) is -0.0634. The molecule has 0 spiro atoms. The lowest BCUT2D eigenvalue weighted by Gasteiger charge is -2.42. The number of aliphatic carboxylic acids is 1. The van der Waals surface area contributed by atoms with E-state index in [1.54, 1.807) is 0 Å². The molecule has 1 heterocycles. The number of carboxylic acids is 1. The Morgan fingerprint density at radius 3 is 2.43 bits per heavy atom. The lowest BCUT2D eigenvalue weighted by Crippen LogP contribution is -2.53. The second kappa shape index (κ2) is 5.85. The number of carbonyl (C=O) groups is 2. The topological polar surface area (TPSA) is 69.6 Å². The molecule has 2 aliphatic carbocycles. The van der Waals surface area contributed by atoms with Crippen molar-refractivity contribution in [3.63, 3.8) is 0 Å². The number of piperidine rings is 1. The molecule has 0 aromatic heterocycles. The van der Waals surface area contributed by atoms with E-state index in [1.807, 2.05) is 4.90 Å². The van der Waals surface area contributed by atoms with Gasteiger partial charge in [0.05, 0.1) is 5.41 Å². The van der Waals surface area contributed by atoms with Crippen molar-refractivity contribution in [2.75, 3.05) is 19.6 Å². The first-order chi connectivity index (χ1) is 10.1. The Bertz CT molecular complexity index is 420. The van der Waals surface area contributed by atoms with Crippen molar-refractivity contribution in [2.45, 2.75) is 51.4 Å². The Hall–Kier alpha value is -1.26. The summed E-state index contributed by atoms with van der Waals surface area (Å²) < 4.78 is 0. The van der Waals surface area contributed by atoms with E-state index >= 15 is 0 Å². The largest absolute Gasteiger partial charge is 0.481 e. The Balaban J connectivity index is 1.50. The molecule has 2 saturated carbocycles. The standard InChI is InChI=1S/C16H26N2O3/c19-14(20)16(7-3-8-16)11-17-15(21)18-9-6-12-4-1-2-5-13(12)10-18/h12-13H,1-11H2,(H,17,21)(H,19,20). The maximum atomic E-state index is 12.3. The molecule has 3 fully saturated rings. The molecular weight excluding hydrogens is 268 g/mol. The number of carbonyl (C=O) groups excluding carboxylic acids is 1. The number of amides is 2. The van der Waals surface area contributed by atoms with Crippen molar-refractivity contribution >= 4 is 12.0 Å². The van der Waals surface area contributed by atoms with E-state index in [0.29, 0.717) is 18.8 Å². The van der Waals surface area contributed by atoms with Gasteiger partial charge in [0.2, 0.25) is 0 Å². The quantitative estimate of drug-likeness (QED) is 0.840. The number of rotatable bonds is 3. The fraction of sp³-hybridized carbons (Fsp3) is 0.875. The normalized spacial score (nSPS) is 31.0. The van der Waals surface area contributed by atoms with Crippen LogP contribution in [0.25, 0.3) is 0 Å². The Labute approximate surface area is 126 Å². The summed E-state index contributed by atoms with van der Waals surface area (Å²) in [4.78, 5) is 25.5. The van der Waals surface area contributed by atoms with Crippen LogP contribution in [0.4, 0.5) is 4.79 Å². The van der Waals surface area contributed by atoms with Crippen LogP contribution < -0.4 is 5.32 Å². The summed E-state index contributed by atoms with van der Waals surface area (Å²) in [5.74, 6) is 0.704. The van der Waals surface area contributed by atoms with E-state index in [2.05, 4.69) is 5.32 Å². The van der Waals surface area contributed by atoms with E-state index in [0.717, 1.165) is 31.8 Å². The molecule has 21 heavy (non-hydrogen) atoms. The van der Waals surface area contributed by atoms with Crippen molar-refractivity contribution in [3.8, 4) is 0 Å². The zero-order chi connectivity index (χ0) is 14.9. The minimum absolute atomic E-state index is 0.0634. The van der Waals surface area contributed by atoms with E-state index in [9.17, 15) is 14.7 Å². The van der Waals surface area contributed by atoms with Gasteiger partial charge in [-0.05, 0) is 37.5 Å². The summed E-state index contributed by atoms with van der Waals surface area (Å²) >= 11 is 0. The highest BCUT2D eigenvalue weighted by Gasteiger charge is 2.45. The molecule has 0 aromatic rings. The molecule has 0 aromatic carbocycles. The van der Waals surface area contributed by atoms with Crippen LogP contribution in [0.2, 0.25) is 0 Å². The number of hydrogen-bond donors (Lipinski definition) is 2. The molecule has 1 saturated heterocycles. The highest BCUT2D eigenvalue weighted by atomic mass is 16.4. The average molecular weight is 294 g/mol. The maximum absolute atomic E-state index is 12.3. The van der Waals surface area contributed by atoms with Gasteiger partial charge in [0, 0.05) is 19.6 Å². The second-order valence-corrected chi connectivity index (χ2v) is 7.14. The average Bonchev–Trinajstić information content (AvgIpc) is 2.45. The van der Waals surface area contributed by atoms with E-state index in [1.165, 1.54) is 25.7 Å². The Morgan fingerprint density at radius 1 is 1.10 bits per heavy atom. The highest BCUT2D eigenvalue weighted by Crippen LogP contribution is 2.40. The smallest absolute Gasteiger partial charge is 0.317 e. The molecule has 2 amide bonds. The highest BCUT2D eigenvalue weighted by molar-refractivity contribution is 5.79. The number of urea groups is 1. The molecule has 3 rings (SSSR count). The van der Waals surface area contributed by atoms with E-state index in [-0.39, 0.29) is 12.6 Å². The summed E-state index contributed by atoms with van der Waals surface area (Å²) in [7, 11) is 0. The van der Waals surface area contributed by atoms with Crippen LogP contribution in [0.1, 0.15) is 51.4 Å². The molecule has 5 heteroatoms. The van der Waals surface area contributed by atoms with Gasteiger partial charge in [0.15, 0.2) is 0 Å². The van der Waals surface area contributed by atoms with E-state index in [4.69, 9.17) is 0 Å². The molecule has 0 bridgehead atoms. The van der Waals surface area contributed by atoms with Crippen LogP contribution >= 0.6 is 0 Å². The molecule has 3 aliphatic rings. The molecule has 0 radical (unpaired) electrons. The van der Waals surface area contributed by atoms with Gasteiger partial charge < -0.3 is 15.3 Å². The summed E-state index contributed by atoms with van der Waals surface area (Å²) in [5.41, 5.74) is -0.696. The first-order valence-electron chi connectivity index (χ1n) is 8.37. The molecule has 1 aliphatic heterocycles. The van der Waals surface area contributed by atoms with E-state index < -0.39 is 11.4 Å². The van der Waals surface area contributed by atoms with Gasteiger partial charge in [-0.2, -0.15) is 0 Å². The first kappa shape index (κ1) is 14.7. The van der Waals surface area contributed by atoms with Crippen molar-refractivity contribution in [2.24, 2.45) is 17.3 Å². The number of fused-ring (bicyclic) bond motifs is 1. The van der Waals surface area contributed by atoms with Gasteiger partial charge in [-0.15, -0.1) is 0 Å². The monoisotopic (exact) mass is 294 g/mol. The lowest BCUT2D eigenvalue weighted by atomic mass is 9.69. The van der Waals surface area contributed by atoms with Crippen LogP contribution in [0.3, 0.4) is 0 Å². The van der Waals surface area contributed by atoms with Crippen molar-refractivity contribution in [1.29, 1.82) is 0 Å². The molecule has 2 N–H and O–H groups in total. The van der Waals surface area contributed by atoms with Gasteiger partial charge in [-0.3, -0.25) is 4.79 Å². The fourth-order valence-corrected chi connectivity index (χ4v) is 4.21. The summed E-state index contributed by atoms with van der Waals surface area (Å²) in [6.07, 6.45) is 8.64. The minimum atomic E-state index is -0.764. The van der Waals surface area contributed by atoms with Crippen molar-refractivity contribution < 1.29 is 14.7 Å². The van der Waals surface area contributed by atoms with Gasteiger partial charge in [0.25, 0.3) is 0 Å². The van der Waals surface area contributed by atoms with Crippen LogP contribution in [0.15, 0.2) is 0 Å². The van der Waals surface area contributed by atoms with Gasteiger partial charge in [-0.25, -0.2) is 4.79 Å².